The van der Waals surface area contributed by atoms with Crippen LogP contribution in [-0.2, 0) is 16.1 Å². The van der Waals surface area contributed by atoms with E-state index in [0.717, 1.165) is 0 Å². The minimum Gasteiger partial charge on any atom is -0.480 e. The van der Waals surface area contributed by atoms with Crippen LogP contribution in [-0.4, -0.2) is 49.8 Å². The van der Waals surface area contributed by atoms with Crippen LogP contribution >= 0.6 is 11.8 Å². The number of rotatable bonds is 8. The molecule has 0 spiro atoms. The highest BCUT2D eigenvalue weighted by molar-refractivity contribution is 7.98. The van der Waals surface area contributed by atoms with E-state index in [1.807, 2.05) is 6.26 Å². The number of nitrogens with one attached hydrogen (secondary N) is 1. The molecule has 8 heteroatoms. The number of aliphatic carboxylic acids is 1. The fourth-order valence-electron chi connectivity index (χ4n) is 1.32. The van der Waals surface area contributed by atoms with Gasteiger partial charge in [0, 0.05) is 6.42 Å². The van der Waals surface area contributed by atoms with Crippen LogP contribution in [0.15, 0.2) is 12.7 Å². The number of carbonyl (C=O) groups excluding carboxylic acids is 1. The van der Waals surface area contributed by atoms with Gasteiger partial charge in [0.2, 0.25) is 5.91 Å². The molecule has 1 amide bonds. The van der Waals surface area contributed by atoms with Crippen molar-refractivity contribution in [2.75, 3.05) is 12.0 Å². The molecule has 2 N–H and O–H groups in total. The predicted octanol–water partition coefficient (Wildman–Crippen LogP) is -0.00930. The molecule has 0 saturated heterocycles. The normalized spacial score (nSPS) is 12.1. The van der Waals surface area contributed by atoms with E-state index in [1.54, 1.807) is 11.8 Å². The molecule has 0 aliphatic heterocycles. The van der Waals surface area contributed by atoms with Crippen LogP contribution in [0.2, 0.25) is 0 Å². The van der Waals surface area contributed by atoms with E-state index in [2.05, 4.69) is 15.4 Å². The van der Waals surface area contributed by atoms with E-state index in [9.17, 15) is 9.59 Å². The second-order valence-electron chi connectivity index (χ2n) is 3.65. The van der Waals surface area contributed by atoms with Crippen molar-refractivity contribution in [3.05, 3.63) is 12.7 Å². The van der Waals surface area contributed by atoms with Gasteiger partial charge >= 0.3 is 5.97 Å². The quantitative estimate of drug-likeness (QED) is 0.691. The van der Waals surface area contributed by atoms with Gasteiger partial charge in [0.1, 0.15) is 18.7 Å². The van der Waals surface area contributed by atoms with Crippen LogP contribution in [0.1, 0.15) is 12.8 Å². The highest BCUT2D eigenvalue weighted by Crippen LogP contribution is 2.01. The first-order chi connectivity index (χ1) is 8.63. The molecule has 0 bridgehead atoms. The fraction of sp³-hybridized carbons (Fsp3) is 0.600. The van der Waals surface area contributed by atoms with E-state index in [-0.39, 0.29) is 12.3 Å². The summed E-state index contributed by atoms with van der Waals surface area (Å²) in [6.07, 6.45) is 5.40. The molecule has 0 aliphatic carbocycles. The summed E-state index contributed by atoms with van der Waals surface area (Å²) >= 11 is 1.55. The van der Waals surface area contributed by atoms with Gasteiger partial charge in [-0.05, 0) is 18.4 Å². The molecule has 0 saturated carbocycles. The maximum Gasteiger partial charge on any atom is 0.326 e. The molecule has 0 aliphatic rings. The average molecular weight is 272 g/mol. The Hall–Kier alpha value is -1.57. The van der Waals surface area contributed by atoms with Gasteiger partial charge in [-0.25, -0.2) is 9.78 Å². The number of hydrogen-bond acceptors (Lipinski definition) is 5. The van der Waals surface area contributed by atoms with Crippen LogP contribution in [0.3, 0.4) is 0 Å². The summed E-state index contributed by atoms with van der Waals surface area (Å²) in [5.41, 5.74) is 0. The van der Waals surface area contributed by atoms with Crippen molar-refractivity contribution < 1.29 is 14.7 Å². The SMILES string of the molecule is CSCC[C@@H](NC(=O)CCn1cncn1)C(=O)O. The molecule has 18 heavy (non-hydrogen) atoms. The Balaban J connectivity index is 2.34. The van der Waals surface area contributed by atoms with Crippen molar-refractivity contribution in [2.45, 2.75) is 25.4 Å². The summed E-state index contributed by atoms with van der Waals surface area (Å²) in [4.78, 5) is 26.2. The molecule has 0 aromatic carbocycles. The predicted molar refractivity (Wildman–Crippen MR) is 67.2 cm³/mol. The van der Waals surface area contributed by atoms with Gasteiger partial charge in [-0.15, -0.1) is 0 Å². The lowest BCUT2D eigenvalue weighted by molar-refractivity contribution is -0.141. The largest absolute Gasteiger partial charge is 0.480 e. The lowest BCUT2D eigenvalue weighted by Gasteiger charge is -2.13. The Morgan fingerprint density at radius 1 is 1.56 bits per heavy atom. The van der Waals surface area contributed by atoms with Crippen molar-refractivity contribution in [1.82, 2.24) is 20.1 Å². The van der Waals surface area contributed by atoms with Crippen molar-refractivity contribution >= 4 is 23.6 Å². The van der Waals surface area contributed by atoms with Gasteiger partial charge in [-0.1, -0.05) is 0 Å². The first-order valence-corrected chi connectivity index (χ1v) is 6.86. The summed E-state index contributed by atoms with van der Waals surface area (Å²) in [5, 5.41) is 15.3. The standard InChI is InChI=1S/C10H16N4O3S/c1-18-5-3-8(10(16)17)13-9(15)2-4-14-7-11-6-12-14/h6-8H,2-5H2,1H3,(H,13,15)(H,16,17)/t8-/m1/s1. The van der Waals surface area contributed by atoms with Crippen LogP contribution in [0.25, 0.3) is 0 Å². The molecule has 7 nitrogen and oxygen atoms in total. The lowest BCUT2D eigenvalue weighted by atomic mass is 10.2. The Labute approximate surface area is 109 Å². The van der Waals surface area contributed by atoms with Gasteiger partial charge < -0.3 is 10.4 Å². The zero-order valence-electron chi connectivity index (χ0n) is 10.1. The van der Waals surface area contributed by atoms with Gasteiger partial charge in [-0.2, -0.15) is 16.9 Å². The van der Waals surface area contributed by atoms with Crippen LogP contribution < -0.4 is 5.32 Å². The Morgan fingerprint density at radius 2 is 2.33 bits per heavy atom. The molecule has 1 aromatic heterocycles. The number of thioether (sulfide) groups is 1. The molecule has 1 rings (SSSR count). The van der Waals surface area contributed by atoms with E-state index in [1.165, 1.54) is 17.3 Å². The van der Waals surface area contributed by atoms with E-state index in [4.69, 9.17) is 5.11 Å². The molecule has 0 radical (unpaired) electrons. The van der Waals surface area contributed by atoms with E-state index < -0.39 is 12.0 Å². The summed E-state index contributed by atoms with van der Waals surface area (Å²) in [6.45, 7) is 0.390. The monoisotopic (exact) mass is 272 g/mol. The third kappa shape index (κ3) is 5.17. The Kier molecular flexibility index (Phi) is 6.20. The van der Waals surface area contributed by atoms with Crippen molar-refractivity contribution in [3.8, 4) is 0 Å². The third-order valence-electron chi connectivity index (χ3n) is 2.28. The highest BCUT2D eigenvalue weighted by Gasteiger charge is 2.18. The molecule has 0 unspecified atom stereocenters. The van der Waals surface area contributed by atoms with E-state index >= 15 is 0 Å². The van der Waals surface area contributed by atoms with Crippen LogP contribution in [0.5, 0.6) is 0 Å². The van der Waals surface area contributed by atoms with Gasteiger partial charge in [0.15, 0.2) is 0 Å². The summed E-state index contributed by atoms with van der Waals surface area (Å²) in [5.74, 6) is -0.600. The molecular formula is C10H16N4O3S. The smallest absolute Gasteiger partial charge is 0.326 e. The van der Waals surface area contributed by atoms with Gasteiger partial charge in [-0.3, -0.25) is 9.48 Å². The van der Waals surface area contributed by atoms with Gasteiger partial charge in [0.05, 0.1) is 6.54 Å². The number of aryl methyl sites for hydroxylation is 1. The first kappa shape index (κ1) is 14.5. The lowest BCUT2D eigenvalue weighted by Crippen LogP contribution is -2.41. The van der Waals surface area contributed by atoms with E-state index in [0.29, 0.717) is 18.7 Å². The zero-order chi connectivity index (χ0) is 13.4. The molecule has 0 fully saturated rings. The highest BCUT2D eigenvalue weighted by atomic mass is 32.2. The minimum absolute atomic E-state index is 0.187. The Morgan fingerprint density at radius 3 is 2.89 bits per heavy atom. The zero-order valence-corrected chi connectivity index (χ0v) is 10.9. The average Bonchev–Trinajstić information content (AvgIpc) is 2.84. The minimum atomic E-state index is -1.00. The summed E-state index contributed by atoms with van der Waals surface area (Å²) in [6, 6.07) is -0.819. The number of aromatic nitrogens is 3. The van der Waals surface area contributed by atoms with Gasteiger partial charge in [0.25, 0.3) is 0 Å². The molecule has 1 atom stereocenters. The van der Waals surface area contributed by atoms with Crippen molar-refractivity contribution in [1.29, 1.82) is 0 Å². The topological polar surface area (TPSA) is 97.1 Å². The van der Waals surface area contributed by atoms with Crippen molar-refractivity contribution in [2.24, 2.45) is 0 Å². The number of carboxylic acid groups (broad SMARTS) is 1. The molecule has 1 aromatic rings. The summed E-state index contributed by atoms with van der Waals surface area (Å²) < 4.78 is 1.53. The maximum atomic E-state index is 11.6. The number of amides is 1. The molecular weight excluding hydrogens is 256 g/mol. The van der Waals surface area contributed by atoms with Crippen molar-refractivity contribution in [3.63, 3.8) is 0 Å². The number of carbonyl (C=O) groups is 2. The third-order valence-corrected chi connectivity index (χ3v) is 2.92. The number of nitrogens with zero attached hydrogens (tertiary/aromatic N) is 3. The summed E-state index contributed by atoms with van der Waals surface area (Å²) in [7, 11) is 0. The number of hydrogen-bond donors (Lipinski definition) is 2. The second kappa shape index (κ2) is 7.70. The fourth-order valence-corrected chi connectivity index (χ4v) is 1.80. The Bertz CT molecular complexity index is 382. The first-order valence-electron chi connectivity index (χ1n) is 5.47. The maximum absolute atomic E-state index is 11.6. The molecule has 1 heterocycles. The number of carboxylic acids is 1. The molecule has 100 valence electrons. The van der Waals surface area contributed by atoms with Crippen LogP contribution in [0, 0.1) is 0 Å². The second-order valence-corrected chi connectivity index (χ2v) is 4.63. The van der Waals surface area contributed by atoms with Crippen LogP contribution in [0.4, 0.5) is 0 Å².